The van der Waals surface area contributed by atoms with E-state index in [1.807, 2.05) is 68.3 Å². The van der Waals surface area contributed by atoms with Crippen molar-refractivity contribution in [2.45, 2.75) is 12.5 Å². The van der Waals surface area contributed by atoms with E-state index < -0.39 is 17.7 Å². The molecule has 0 aliphatic carbocycles. The minimum Gasteiger partial charge on any atom is -0.507 e. The molecular formula is C24H29N3O3. The zero-order valence-electron chi connectivity index (χ0n) is 18.0. The summed E-state index contributed by atoms with van der Waals surface area (Å²) in [6, 6.07) is 16.0. The second-order valence-corrected chi connectivity index (χ2v) is 8.00. The van der Waals surface area contributed by atoms with Gasteiger partial charge < -0.3 is 19.8 Å². The molecule has 1 fully saturated rings. The minimum absolute atomic E-state index is 0.134. The number of rotatable bonds is 7. The third-order valence-electron chi connectivity index (χ3n) is 5.32. The molecule has 0 saturated carbocycles. The van der Waals surface area contributed by atoms with Gasteiger partial charge in [0.05, 0.1) is 11.6 Å². The molecule has 2 aromatic rings. The molecule has 1 aliphatic rings. The van der Waals surface area contributed by atoms with Crippen molar-refractivity contribution >= 4 is 23.1 Å². The maximum absolute atomic E-state index is 13.0. The van der Waals surface area contributed by atoms with Crippen LogP contribution >= 0.6 is 0 Å². The Hall–Kier alpha value is -3.12. The van der Waals surface area contributed by atoms with E-state index in [0.717, 1.165) is 24.2 Å². The fourth-order valence-corrected chi connectivity index (χ4v) is 3.72. The Kier molecular flexibility index (Phi) is 6.57. The van der Waals surface area contributed by atoms with Crippen molar-refractivity contribution in [3.05, 3.63) is 71.3 Å². The molecule has 158 valence electrons. The van der Waals surface area contributed by atoms with Crippen molar-refractivity contribution in [2.75, 3.05) is 46.2 Å². The number of aliphatic hydroxyl groups excluding tert-OH is 1. The second kappa shape index (κ2) is 9.13. The van der Waals surface area contributed by atoms with Crippen molar-refractivity contribution in [1.29, 1.82) is 0 Å². The summed E-state index contributed by atoms with van der Waals surface area (Å²) in [4.78, 5) is 31.5. The minimum atomic E-state index is -0.636. The monoisotopic (exact) mass is 407 g/mol. The summed E-state index contributed by atoms with van der Waals surface area (Å²) in [5.41, 5.74) is 2.50. The van der Waals surface area contributed by atoms with Crippen LogP contribution < -0.4 is 4.90 Å². The fraction of sp³-hybridized carbons (Fsp3) is 0.333. The number of ketones is 1. The van der Waals surface area contributed by atoms with Gasteiger partial charge in [-0.15, -0.1) is 0 Å². The molecule has 1 aliphatic heterocycles. The molecule has 1 atom stereocenters. The van der Waals surface area contributed by atoms with Gasteiger partial charge in [-0.05, 0) is 44.8 Å². The summed E-state index contributed by atoms with van der Waals surface area (Å²) in [5, 5.41) is 11.0. The van der Waals surface area contributed by atoms with E-state index in [9.17, 15) is 14.7 Å². The van der Waals surface area contributed by atoms with Gasteiger partial charge in [0.2, 0.25) is 0 Å². The molecule has 0 radical (unpaired) electrons. The maximum Gasteiger partial charge on any atom is 0.295 e. The van der Waals surface area contributed by atoms with Crippen molar-refractivity contribution in [2.24, 2.45) is 0 Å². The molecule has 30 heavy (non-hydrogen) atoms. The number of anilines is 1. The molecule has 6 heteroatoms. The molecule has 0 bridgehead atoms. The third kappa shape index (κ3) is 4.39. The molecule has 1 amide bonds. The van der Waals surface area contributed by atoms with Gasteiger partial charge in [-0.2, -0.15) is 0 Å². The number of amides is 1. The predicted octanol–water partition coefficient (Wildman–Crippen LogP) is 3.13. The van der Waals surface area contributed by atoms with Gasteiger partial charge in [0.25, 0.3) is 11.7 Å². The topological polar surface area (TPSA) is 64.1 Å². The Labute approximate surface area is 178 Å². The average molecular weight is 408 g/mol. The van der Waals surface area contributed by atoms with Crippen LogP contribution in [-0.4, -0.2) is 67.9 Å². The average Bonchev–Trinajstić information content (AvgIpc) is 2.98. The Morgan fingerprint density at radius 3 is 2.17 bits per heavy atom. The number of carbonyl (C=O) groups excluding carboxylic acids is 2. The summed E-state index contributed by atoms with van der Waals surface area (Å²) in [6.45, 7) is 1.24. The van der Waals surface area contributed by atoms with Crippen LogP contribution in [0.1, 0.15) is 23.6 Å². The molecule has 1 N–H and O–H groups in total. The summed E-state index contributed by atoms with van der Waals surface area (Å²) in [5.74, 6) is -1.33. The van der Waals surface area contributed by atoms with Gasteiger partial charge in [0, 0.05) is 31.9 Å². The van der Waals surface area contributed by atoms with Crippen LogP contribution in [0.4, 0.5) is 5.69 Å². The summed E-state index contributed by atoms with van der Waals surface area (Å²) < 4.78 is 0. The van der Waals surface area contributed by atoms with E-state index in [1.54, 1.807) is 29.2 Å². The van der Waals surface area contributed by atoms with Crippen LogP contribution in [0.5, 0.6) is 0 Å². The van der Waals surface area contributed by atoms with Crippen molar-refractivity contribution in [3.63, 3.8) is 0 Å². The van der Waals surface area contributed by atoms with Crippen LogP contribution in [-0.2, 0) is 9.59 Å². The zero-order chi connectivity index (χ0) is 21.8. The van der Waals surface area contributed by atoms with Crippen LogP contribution in [0.25, 0.3) is 5.76 Å². The molecule has 0 aromatic heterocycles. The van der Waals surface area contributed by atoms with Gasteiger partial charge in [0.15, 0.2) is 0 Å². The summed E-state index contributed by atoms with van der Waals surface area (Å²) in [7, 11) is 7.86. The van der Waals surface area contributed by atoms with Crippen LogP contribution in [0.15, 0.2) is 60.2 Å². The smallest absolute Gasteiger partial charge is 0.295 e. The van der Waals surface area contributed by atoms with Gasteiger partial charge in [-0.1, -0.05) is 42.5 Å². The molecule has 0 spiro atoms. The number of benzene rings is 2. The fourth-order valence-electron chi connectivity index (χ4n) is 3.72. The second-order valence-electron chi connectivity index (χ2n) is 8.00. The normalized spacial score (nSPS) is 18.3. The van der Waals surface area contributed by atoms with Crippen LogP contribution in [0.2, 0.25) is 0 Å². The molecule has 6 nitrogen and oxygen atoms in total. The standard InChI is InChI=1S/C24H29N3O3/c1-25(2)15-8-16-27-21(17-11-13-19(14-12-17)26(3)4)20(23(29)24(27)30)22(28)18-9-6-5-7-10-18/h5-7,9-14,21,28H,8,15-16H2,1-4H3/b22-20-. The van der Waals surface area contributed by atoms with Crippen molar-refractivity contribution in [3.8, 4) is 0 Å². The summed E-state index contributed by atoms with van der Waals surface area (Å²) in [6.07, 6.45) is 0.734. The molecule has 1 unspecified atom stereocenters. The van der Waals surface area contributed by atoms with E-state index in [-0.39, 0.29) is 11.3 Å². The number of carbonyl (C=O) groups is 2. The van der Waals surface area contributed by atoms with Crippen LogP contribution in [0, 0.1) is 0 Å². The van der Waals surface area contributed by atoms with E-state index in [2.05, 4.69) is 0 Å². The number of Topliss-reactive ketones (excluding diaryl/α,β-unsaturated/α-hetero) is 1. The number of likely N-dealkylation sites (tertiary alicyclic amines) is 1. The Bertz CT molecular complexity index is 934. The lowest BCUT2D eigenvalue weighted by Crippen LogP contribution is -2.32. The first-order valence-electron chi connectivity index (χ1n) is 10.1. The highest BCUT2D eigenvalue weighted by Gasteiger charge is 2.45. The first-order chi connectivity index (χ1) is 14.3. The third-order valence-corrected chi connectivity index (χ3v) is 5.32. The first-order valence-corrected chi connectivity index (χ1v) is 10.1. The first kappa shape index (κ1) is 21.6. The van der Waals surface area contributed by atoms with Gasteiger partial charge in [-0.25, -0.2) is 0 Å². The highest BCUT2D eigenvalue weighted by atomic mass is 16.3. The molecule has 1 saturated heterocycles. The molecular weight excluding hydrogens is 378 g/mol. The maximum atomic E-state index is 13.0. The van der Waals surface area contributed by atoms with Gasteiger partial charge >= 0.3 is 0 Å². The molecule has 1 heterocycles. The highest BCUT2D eigenvalue weighted by molar-refractivity contribution is 6.46. The zero-order valence-corrected chi connectivity index (χ0v) is 18.0. The number of aliphatic hydroxyl groups is 1. The van der Waals surface area contributed by atoms with Crippen molar-refractivity contribution < 1.29 is 14.7 Å². The SMILES string of the molecule is CN(C)CCCN1C(=O)C(=O)/C(=C(\O)c2ccccc2)C1c1ccc(N(C)C)cc1. The Morgan fingerprint density at radius 1 is 0.967 bits per heavy atom. The lowest BCUT2D eigenvalue weighted by atomic mass is 9.95. The van der Waals surface area contributed by atoms with E-state index >= 15 is 0 Å². The molecule has 3 rings (SSSR count). The molecule has 2 aromatic carbocycles. The van der Waals surface area contributed by atoms with E-state index in [0.29, 0.717) is 12.1 Å². The lowest BCUT2D eigenvalue weighted by Gasteiger charge is -2.26. The Morgan fingerprint density at radius 2 is 1.60 bits per heavy atom. The van der Waals surface area contributed by atoms with Crippen molar-refractivity contribution in [1.82, 2.24) is 9.80 Å². The lowest BCUT2D eigenvalue weighted by molar-refractivity contribution is -0.139. The highest BCUT2D eigenvalue weighted by Crippen LogP contribution is 2.39. The van der Waals surface area contributed by atoms with Gasteiger partial charge in [0.1, 0.15) is 5.76 Å². The number of hydrogen-bond acceptors (Lipinski definition) is 5. The van der Waals surface area contributed by atoms with Gasteiger partial charge in [-0.3, -0.25) is 9.59 Å². The quantitative estimate of drug-likeness (QED) is 0.434. The number of nitrogens with zero attached hydrogens (tertiary/aromatic N) is 3. The number of hydrogen-bond donors (Lipinski definition) is 1. The van der Waals surface area contributed by atoms with E-state index in [1.165, 1.54) is 0 Å². The largest absolute Gasteiger partial charge is 0.507 e. The van der Waals surface area contributed by atoms with Crippen LogP contribution in [0.3, 0.4) is 0 Å². The van der Waals surface area contributed by atoms with E-state index in [4.69, 9.17) is 0 Å². The predicted molar refractivity (Wildman–Crippen MR) is 119 cm³/mol. The summed E-state index contributed by atoms with van der Waals surface area (Å²) >= 11 is 0. The Balaban J connectivity index is 2.07.